The molecule has 1 atom stereocenters. The number of piperidine rings is 2. The summed E-state index contributed by atoms with van der Waals surface area (Å²) in [7, 11) is 0. The van der Waals surface area contributed by atoms with Crippen molar-refractivity contribution in [2.45, 2.75) is 37.6 Å². The lowest BCUT2D eigenvalue weighted by Crippen LogP contribution is -2.63. The van der Waals surface area contributed by atoms with Crippen molar-refractivity contribution in [3.05, 3.63) is 35.0 Å². The van der Waals surface area contributed by atoms with Crippen LogP contribution < -0.4 is 0 Å². The van der Waals surface area contributed by atoms with E-state index in [9.17, 15) is 9.59 Å². The molecule has 2 aliphatic heterocycles. The van der Waals surface area contributed by atoms with E-state index in [0.29, 0.717) is 19.5 Å². The molecule has 0 aromatic carbocycles. The van der Waals surface area contributed by atoms with Gasteiger partial charge in [0.25, 0.3) is 5.91 Å². The molecule has 22 heavy (non-hydrogen) atoms. The fourth-order valence-electron chi connectivity index (χ4n) is 3.79. The van der Waals surface area contributed by atoms with E-state index < -0.39 is 0 Å². The Morgan fingerprint density at radius 3 is 2.95 bits per heavy atom. The average molecular weight is 318 g/mol. The molecule has 2 amide bonds. The molecule has 2 fully saturated rings. The number of hydrogen-bond acceptors (Lipinski definition) is 3. The van der Waals surface area contributed by atoms with Crippen molar-refractivity contribution in [2.24, 2.45) is 0 Å². The van der Waals surface area contributed by atoms with Gasteiger partial charge in [0.1, 0.15) is 0 Å². The van der Waals surface area contributed by atoms with Crippen molar-refractivity contribution >= 4 is 23.2 Å². The van der Waals surface area contributed by atoms with Crippen LogP contribution in [-0.4, -0.2) is 46.8 Å². The number of rotatable bonds is 3. The smallest absolute Gasteiger partial charge is 0.263 e. The quantitative estimate of drug-likeness (QED) is 0.804. The normalized spacial score (nSPS) is 25.5. The Bertz CT molecular complexity index is 565. The highest BCUT2D eigenvalue weighted by molar-refractivity contribution is 7.12. The van der Waals surface area contributed by atoms with Crippen LogP contribution in [0, 0.1) is 0 Å². The minimum atomic E-state index is -0.186. The highest BCUT2D eigenvalue weighted by Gasteiger charge is 2.45. The molecule has 3 heterocycles. The Balaban J connectivity index is 1.82. The van der Waals surface area contributed by atoms with Crippen LogP contribution in [0.2, 0.25) is 0 Å². The second kappa shape index (κ2) is 6.24. The minimum Gasteiger partial charge on any atom is -0.336 e. The van der Waals surface area contributed by atoms with Gasteiger partial charge in [-0.15, -0.1) is 17.9 Å². The predicted molar refractivity (Wildman–Crippen MR) is 87.9 cm³/mol. The summed E-state index contributed by atoms with van der Waals surface area (Å²) in [6, 6.07) is 3.79. The standard InChI is InChI=1S/C17H22N2O2S/c1-2-10-19-15(20)7-3-8-17(19)9-5-11-18(13-17)16(21)14-6-4-12-22-14/h2,4,6,12H,1,3,5,7-11,13H2/t17-/m0/s1. The summed E-state index contributed by atoms with van der Waals surface area (Å²) >= 11 is 1.48. The second-order valence-electron chi connectivity index (χ2n) is 6.18. The Morgan fingerprint density at radius 1 is 1.41 bits per heavy atom. The van der Waals surface area contributed by atoms with Crippen LogP contribution in [0.4, 0.5) is 0 Å². The zero-order chi connectivity index (χ0) is 15.6. The molecular weight excluding hydrogens is 296 g/mol. The van der Waals surface area contributed by atoms with Crippen LogP contribution in [0.5, 0.6) is 0 Å². The molecule has 4 nitrogen and oxygen atoms in total. The van der Waals surface area contributed by atoms with Gasteiger partial charge in [-0.05, 0) is 37.1 Å². The number of hydrogen-bond donors (Lipinski definition) is 0. The Kier molecular flexibility index (Phi) is 4.34. The summed E-state index contributed by atoms with van der Waals surface area (Å²) in [5.41, 5.74) is -0.186. The highest BCUT2D eigenvalue weighted by atomic mass is 32.1. The zero-order valence-corrected chi connectivity index (χ0v) is 13.6. The van der Waals surface area contributed by atoms with Gasteiger partial charge in [-0.1, -0.05) is 12.1 Å². The number of likely N-dealkylation sites (tertiary alicyclic amines) is 2. The van der Waals surface area contributed by atoms with Crippen molar-refractivity contribution in [3.8, 4) is 0 Å². The van der Waals surface area contributed by atoms with Crippen molar-refractivity contribution in [3.63, 3.8) is 0 Å². The lowest BCUT2D eigenvalue weighted by Gasteiger charge is -2.51. The van der Waals surface area contributed by atoms with Crippen LogP contribution in [-0.2, 0) is 4.79 Å². The maximum Gasteiger partial charge on any atom is 0.263 e. The Hall–Kier alpha value is -1.62. The van der Waals surface area contributed by atoms with Crippen molar-refractivity contribution in [2.75, 3.05) is 19.6 Å². The molecule has 0 aliphatic carbocycles. The number of thiophene rings is 1. The van der Waals surface area contributed by atoms with Gasteiger partial charge in [-0.2, -0.15) is 0 Å². The maximum atomic E-state index is 12.6. The van der Waals surface area contributed by atoms with Crippen LogP contribution in [0.15, 0.2) is 30.2 Å². The summed E-state index contributed by atoms with van der Waals surface area (Å²) in [4.78, 5) is 29.7. The Labute approximate surface area is 135 Å². The van der Waals surface area contributed by atoms with Crippen LogP contribution in [0.25, 0.3) is 0 Å². The van der Waals surface area contributed by atoms with E-state index >= 15 is 0 Å². The lowest BCUT2D eigenvalue weighted by molar-refractivity contribution is -0.143. The van der Waals surface area contributed by atoms with Gasteiger partial charge in [-0.25, -0.2) is 0 Å². The predicted octanol–water partition coefficient (Wildman–Crippen LogP) is 2.92. The van der Waals surface area contributed by atoms with Gasteiger partial charge in [0.15, 0.2) is 0 Å². The molecule has 5 heteroatoms. The van der Waals surface area contributed by atoms with E-state index in [-0.39, 0.29) is 17.4 Å². The first-order valence-electron chi connectivity index (χ1n) is 7.90. The molecule has 0 radical (unpaired) electrons. The maximum absolute atomic E-state index is 12.6. The number of carbonyl (C=O) groups excluding carboxylic acids is 2. The first-order valence-corrected chi connectivity index (χ1v) is 8.78. The molecule has 0 N–H and O–H groups in total. The van der Waals surface area contributed by atoms with Gasteiger partial charge in [0, 0.05) is 26.1 Å². The first-order chi connectivity index (χ1) is 10.7. The molecular formula is C17H22N2O2S. The number of amides is 2. The molecule has 0 bridgehead atoms. The number of carbonyl (C=O) groups is 2. The molecule has 1 aromatic heterocycles. The van der Waals surface area contributed by atoms with Gasteiger partial charge in [0.05, 0.1) is 10.4 Å². The van der Waals surface area contributed by atoms with Crippen LogP contribution >= 0.6 is 11.3 Å². The fourth-order valence-corrected chi connectivity index (χ4v) is 4.48. The summed E-state index contributed by atoms with van der Waals surface area (Å²) in [6.45, 7) is 5.81. The van der Waals surface area contributed by atoms with Crippen molar-refractivity contribution in [1.29, 1.82) is 0 Å². The molecule has 1 aromatic rings. The minimum absolute atomic E-state index is 0.102. The van der Waals surface area contributed by atoms with Crippen LogP contribution in [0.3, 0.4) is 0 Å². The van der Waals surface area contributed by atoms with E-state index in [0.717, 1.165) is 37.1 Å². The fraction of sp³-hybridized carbons (Fsp3) is 0.529. The average Bonchev–Trinajstić information content (AvgIpc) is 3.05. The molecule has 1 spiro atoms. The van der Waals surface area contributed by atoms with E-state index in [1.54, 1.807) is 6.08 Å². The molecule has 2 aliphatic rings. The van der Waals surface area contributed by atoms with Crippen molar-refractivity contribution in [1.82, 2.24) is 9.80 Å². The third kappa shape index (κ3) is 2.70. The van der Waals surface area contributed by atoms with Gasteiger partial charge in [-0.3, -0.25) is 9.59 Å². The topological polar surface area (TPSA) is 40.6 Å². The van der Waals surface area contributed by atoms with E-state index in [1.807, 2.05) is 27.3 Å². The lowest BCUT2D eigenvalue weighted by atomic mass is 9.79. The van der Waals surface area contributed by atoms with E-state index in [1.165, 1.54) is 11.3 Å². The summed E-state index contributed by atoms with van der Waals surface area (Å²) in [5, 5.41) is 1.93. The molecule has 3 rings (SSSR count). The molecule has 0 unspecified atom stereocenters. The van der Waals surface area contributed by atoms with Crippen molar-refractivity contribution < 1.29 is 9.59 Å². The van der Waals surface area contributed by atoms with Gasteiger partial charge < -0.3 is 9.80 Å². The summed E-state index contributed by atoms with van der Waals surface area (Å²) in [5.74, 6) is 0.308. The zero-order valence-electron chi connectivity index (χ0n) is 12.8. The monoisotopic (exact) mass is 318 g/mol. The van der Waals surface area contributed by atoms with Gasteiger partial charge >= 0.3 is 0 Å². The van der Waals surface area contributed by atoms with E-state index in [2.05, 4.69) is 6.58 Å². The van der Waals surface area contributed by atoms with Gasteiger partial charge in [0.2, 0.25) is 5.91 Å². The third-order valence-electron chi connectivity index (χ3n) is 4.79. The Morgan fingerprint density at radius 2 is 2.23 bits per heavy atom. The van der Waals surface area contributed by atoms with Crippen LogP contribution in [0.1, 0.15) is 41.8 Å². The third-order valence-corrected chi connectivity index (χ3v) is 5.65. The summed E-state index contributed by atoms with van der Waals surface area (Å²) < 4.78 is 0. The molecule has 118 valence electrons. The van der Waals surface area contributed by atoms with E-state index in [4.69, 9.17) is 0 Å². The number of nitrogens with zero attached hydrogens (tertiary/aromatic N) is 2. The molecule has 2 saturated heterocycles. The SMILES string of the molecule is C=CCN1C(=O)CCC[C@@]12CCCN(C(=O)c1cccs1)C2. The largest absolute Gasteiger partial charge is 0.336 e. The molecule has 0 saturated carbocycles. The summed E-state index contributed by atoms with van der Waals surface area (Å²) in [6.07, 6.45) is 6.27. The highest BCUT2D eigenvalue weighted by Crippen LogP contribution is 2.37. The first kappa shape index (κ1) is 15.3. The second-order valence-corrected chi connectivity index (χ2v) is 7.13.